The second kappa shape index (κ2) is 10.8. The fourth-order valence-electron chi connectivity index (χ4n) is 0.298. The lowest BCUT2D eigenvalue weighted by Crippen LogP contribution is -2.10. The molecule has 0 aliphatic carbocycles. The van der Waals surface area contributed by atoms with E-state index in [9.17, 15) is 4.79 Å². The van der Waals surface area contributed by atoms with Crippen LogP contribution < -0.4 is 0 Å². The number of hydrogen-bond acceptors (Lipinski definition) is 3. The van der Waals surface area contributed by atoms with Gasteiger partial charge in [-0.25, -0.2) is 0 Å². The lowest BCUT2D eigenvalue weighted by molar-refractivity contribution is -0.141. The second-order valence-electron chi connectivity index (χ2n) is 3.79. The predicted octanol–water partition coefficient (Wildman–Crippen LogP) is 2.06. The van der Waals surface area contributed by atoms with Gasteiger partial charge in [0, 0.05) is 6.61 Å². The first-order chi connectivity index (χ1) is 6.43. The van der Waals surface area contributed by atoms with Crippen LogP contribution in [0, 0.1) is 11.8 Å². The average molecular weight is 225 g/mol. The van der Waals surface area contributed by atoms with Crippen molar-refractivity contribution in [3.8, 4) is 0 Å². The average Bonchev–Trinajstić information content (AvgIpc) is 2.14. The fourth-order valence-corrected chi connectivity index (χ4v) is 0.375. The maximum Gasteiger partial charge on any atom is 0.320 e. The lowest BCUT2D eigenvalue weighted by atomic mass is 10.2. The number of ether oxygens (including phenoxy) is 1. The van der Waals surface area contributed by atoms with Crippen molar-refractivity contribution < 1.29 is 14.6 Å². The van der Waals surface area contributed by atoms with Crippen LogP contribution in [-0.2, 0) is 9.53 Å². The van der Waals surface area contributed by atoms with Gasteiger partial charge < -0.3 is 9.84 Å². The van der Waals surface area contributed by atoms with Crippen molar-refractivity contribution >= 4 is 17.6 Å². The molecule has 0 saturated carbocycles. The largest absolute Gasteiger partial charge is 0.465 e. The molecule has 0 amide bonds. The number of aliphatic hydroxyl groups is 1. The first-order valence-electron chi connectivity index (χ1n) is 4.76. The van der Waals surface area contributed by atoms with Gasteiger partial charge >= 0.3 is 5.97 Å². The van der Waals surface area contributed by atoms with Gasteiger partial charge in [0.15, 0.2) is 0 Å². The highest BCUT2D eigenvalue weighted by Crippen LogP contribution is 1.93. The molecule has 3 nitrogen and oxygen atoms in total. The van der Waals surface area contributed by atoms with Crippen molar-refractivity contribution in [2.75, 3.05) is 19.1 Å². The summed E-state index contributed by atoms with van der Waals surface area (Å²) in [6, 6.07) is 0. The molecule has 0 fully saturated rings. The van der Waals surface area contributed by atoms with Crippen LogP contribution in [0.3, 0.4) is 0 Å². The molecule has 0 unspecified atom stereocenters. The number of aliphatic hydroxyl groups excluding tert-OH is 1. The second-order valence-corrected chi connectivity index (χ2v) is 4.05. The van der Waals surface area contributed by atoms with Crippen LogP contribution in [0.2, 0.25) is 0 Å². The van der Waals surface area contributed by atoms with Crippen LogP contribution in [0.4, 0.5) is 0 Å². The molecule has 0 saturated heterocycles. The fraction of sp³-hybridized carbons (Fsp3) is 0.900. The lowest BCUT2D eigenvalue weighted by Gasteiger charge is -2.03. The van der Waals surface area contributed by atoms with Crippen LogP contribution in [0.5, 0.6) is 0 Å². The van der Waals surface area contributed by atoms with Gasteiger partial charge in [0.25, 0.3) is 0 Å². The Morgan fingerprint density at radius 1 is 1.29 bits per heavy atom. The van der Waals surface area contributed by atoms with E-state index in [1.54, 1.807) is 0 Å². The van der Waals surface area contributed by atoms with E-state index in [0.29, 0.717) is 25.0 Å². The number of halogens is 1. The zero-order valence-electron chi connectivity index (χ0n) is 9.42. The number of hydrogen-bond donors (Lipinski definition) is 1. The summed E-state index contributed by atoms with van der Waals surface area (Å²) in [6.45, 7) is 8.66. The van der Waals surface area contributed by atoms with Gasteiger partial charge in [-0.2, -0.15) is 0 Å². The third-order valence-corrected chi connectivity index (χ3v) is 1.27. The standard InChI is InChI=1S/C6H11ClO2.C4H10O/c1-5(2)4-9-6(8)3-7;1-4(2)3-5/h5H,3-4H2,1-2H3;4-5H,3H2,1-2H3. The summed E-state index contributed by atoms with van der Waals surface area (Å²) in [5.41, 5.74) is 0. The minimum Gasteiger partial charge on any atom is -0.465 e. The first-order valence-corrected chi connectivity index (χ1v) is 5.29. The highest BCUT2D eigenvalue weighted by Gasteiger charge is 2.00. The van der Waals surface area contributed by atoms with E-state index < -0.39 is 0 Å². The monoisotopic (exact) mass is 224 g/mol. The van der Waals surface area contributed by atoms with Gasteiger partial charge in [0.2, 0.25) is 0 Å². The highest BCUT2D eigenvalue weighted by molar-refractivity contribution is 6.26. The van der Waals surface area contributed by atoms with E-state index >= 15 is 0 Å². The molecule has 0 aliphatic heterocycles. The van der Waals surface area contributed by atoms with Crippen molar-refractivity contribution in [3.63, 3.8) is 0 Å². The maximum absolute atomic E-state index is 10.4. The number of carbonyl (C=O) groups excluding carboxylic acids is 1. The summed E-state index contributed by atoms with van der Waals surface area (Å²) in [5.74, 6) is 0.435. The Kier molecular flexibility index (Phi) is 12.5. The summed E-state index contributed by atoms with van der Waals surface area (Å²) in [7, 11) is 0. The quantitative estimate of drug-likeness (QED) is 0.588. The Bertz CT molecular complexity index is 135. The van der Waals surface area contributed by atoms with Crippen LogP contribution in [0.1, 0.15) is 27.7 Å². The first kappa shape index (κ1) is 16.2. The van der Waals surface area contributed by atoms with Crippen LogP contribution in [0.25, 0.3) is 0 Å². The van der Waals surface area contributed by atoms with Crippen molar-refractivity contribution in [2.24, 2.45) is 11.8 Å². The third-order valence-electron chi connectivity index (χ3n) is 1.05. The molecule has 0 aliphatic rings. The Hall–Kier alpha value is -0.280. The molecule has 14 heavy (non-hydrogen) atoms. The minimum atomic E-state index is -0.342. The number of esters is 1. The molecule has 0 radical (unpaired) electrons. The molecule has 0 aromatic carbocycles. The molecule has 0 bridgehead atoms. The molecule has 0 aromatic rings. The van der Waals surface area contributed by atoms with Gasteiger partial charge in [-0.15, -0.1) is 11.6 Å². The smallest absolute Gasteiger partial charge is 0.320 e. The van der Waals surface area contributed by atoms with E-state index in [2.05, 4.69) is 4.74 Å². The van der Waals surface area contributed by atoms with E-state index in [4.69, 9.17) is 16.7 Å². The molecule has 0 rings (SSSR count). The highest BCUT2D eigenvalue weighted by atomic mass is 35.5. The van der Waals surface area contributed by atoms with Crippen LogP contribution >= 0.6 is 11.6 Å². The summed E-state index contributed by atoms with van der Waals surface area (Å²) in [5, 5.41) is 8.14. The molecule has 0 spiro atoms. The van der Waals surface area contributed by atoms with E-state index in [1.165, 1.54) is 0 Å². The van der Waals surface area contributed by atoms with Crippen molar-refractivity contribution in [2.45, 2.75) is 27.7 Å². The minimum absolute atomic E-state index is 0.0489. The summed E-state index contributed by atoms with van der Waals surface area (Å²) in [6.07, 6.45) is 0. The summed E-state index contributed by atoms with van der Waals surface area (Å²) < 4.78 is 4.68. The molecule has 0 aromatic heterocycles. The van der Waals surface area contributed by atoms with Crippen LogP contribution in [-0.4, -0.2) is 30.2 Å². The maximum atomic E-state index is 10.4. The molecular formula is C10H21ClO3. The van der Waals surface area contributed by atoms with Gasteiger partial charge in [0.1, 0.15) is 5.88 Å². The molecular weight excluding hydrogens is 204 g/mol. The van der Waals surface area contributed by atoms with Crippen LogP contribution in [0.15, 0.2) is 0 Å². The van der Waals surface area contributed by atoms with Gasteiger partial charge in [-0.05, 0) is 11.8 Å². The van der Waals surface area contributed by atoms with Gasteiger partial charge in [-0.1, -0.05) is 27.7 Å². The molecule has 0 atom stereocenters. The molecule has 86 valence electrons. The van der Waals surface area contributed by atoms with Gasteiger partial charge in [0.05, 0.1) is 6.61 Å². The van der Waals surface area contributed by atoms with Gasteiger partial charge in [-0.3, -0.25) is 4.79 Å². The normalized spacial score (nSPS) is 9.71. The zero-order chi connectivity index (χ0) is 11.6. The molecule has 4 heteroatoms. The molecule has 1 N–H and O–H groups in total. The van der Waals surface area contributed by atoms with E-state index in [1.807, 2.05) is 27.7 Å². The third kappa shape index (κ3) is 17.7. The topological polar surface area (TPSA) is 46.5 Å². The van der Waals surface area contributed by atoms with E-state index in [-0.39, 0.29) is 11.8 Å². The van der Waals surface area contributed by atoms with Crippen molar-refractivity contribution in [1.29, 1.82) is 0 Å². The number of rotatable bonds is 4. The zero-order valence-corrected chi connectivity index (χ0v) is 10.2. The number of carbonyl (C=O) groups is 1. The Labute approximate surface area is 91.4 Å². The summed E-state index contributed by atoms with van der Waals surface area (Å²) >= 11 is 5.16. The van der Waals surface area contributed by atoms with E-state index in [0.717, 1.165) is 0 Å². The number of alkyl halides is 1. The summed E-state index contributed by atoms with van der Waals surface area (Å²) in [4.78, 5) is 10.4. The Morgan fingerprint density at radius 3 is 1.93 bits per heavy atom. The SMILES string of the molecule is CC(C)CO.CC(C)COC(=O)CCl. The molecule has 0 heterocycles. The van der Waals surface area contributed by atoms with Crippen molar-refractivity contribution in [3.05, 3.63) is 0 Å². The Morgan fingerprint density at radius 2 is 1.71 bits per heavy atom. The predicted molar refractivity (Wildman–Crippen MR) is 58.4 cm³/mol. The Balaban J connectivity index is 0. The van der Waals surface area contributed by atoms with Crippen molar-refractivity contribution in [1.82, 2.24) is 0 Å².